The van der Waals surface area contributed by atoms with Crippen LogP contribution in [0.3, 0.4) is 0 Å². The van der Waals surface area contributed by atoms with Gasteiger partial charge in [-0.25, -0.2) is 5.01 Å². The highest BCUT2D eigenvalue weighted by Crippen LogP contribution is 2.24. The monoisotopic (exact) mass is 322 g/mol. The van der Waals surface area contributed by atoms with Crippen LogP contribution in [0.4, 0.5) is 4.79 Å². The number of aliphatic hydroxyl groups is 1. The van der Waals surface area contributed by atoms with Gasteiger partial charge >= 0.3 is 5.37 Å². The van der Waals surface area contributed by atoms with E-state index in [1.165, 1.54) is 5.01 Å². The maximum absolute atomic E-state index is 11.5. The number of carbonyl (C=O) groups is 1. The third-order valence-corrected chi connectivity index (χ3v) is 4.44. The molecule has 1 aromatic rings. The number of hydrogen-bond acceptors (Lipinski definition) is 5. The number of aryl methyl sites for hydroxylation is 1. The number of likely N-dealkylation sites (N-methyl/N-ethyl adjacent to an activating group) is 1. The van der Waals surface area contributed by atoms with E-state index in [4.69, 9.17) is 11.6 Å². The van der Waals surface area contributed by atoms with Crippen molar-refractivity contribution in [1.82, 2.24) is 14.8 Å². The van der Waals surface area contributed by atoms with Crippen molar-refractivity contribution in [3.8, 4) is 0 Å². The van der Waals surface area contributed by atoms with Crippen molar-refractivity contribution < 1.29 is 9.90 Å². The molecule has 22 heavy (non-hydrogen) atoms. The minimum Gasteiger partial charge on any atom is -0.365 e. The number of benzene rings is 1. The highest BCUT2D eigenvalue weighted by Gasteiger charge is 2.40. The molecule has 1 N–H and O–H groups in total. The molecule has 0 saturated carbocycles. The number of rotatable bonds is 2. The third kappa shape index (κ3) is 2.75. The largest absolute Gasteiger partial charge is 0.365 e. The van der Waals surface area contributed by atoms with Crippen LogP contribution >= 0.6 is 11.6 Å². The molecule has 3 rings (SSSR count). The summed E-state index contributed by atoms with van der Waals surface area (Å²) in [6.45, 7) is 3.87. The molecule has 1 fully saturated rings. The van der Waals surface area contributed by atoms with E-state index in [9.17, 15) is 9.90 Å². The molecular weight excluding hydrogens is 304 g/mol. The second-order valence-corrected chi connectivity index (χ2v) is 6.09. The second kappa shape index (κ2) is 5.96. The van der Waals surface area contributed by atoms with Crippen LogP contribution in [-0.2, 0) is 0 Å². The van der Waals surface area contributed by atoms with Crippen molar-refractivity contribution in [2.24, 2.45) is 5.10 Å². The smallest absolute Gasteiger partial charge is 0.336 e. The van der Waals surface area contributed by atoms with Gasteiger partial charge in [0, 0.05) is 13.1 Å². The second-order valence-electron chi connectivity index (χ2n) is 5.77. The Labute approximate surface area is 134 Å². The zero-order valence-electron chi connectivity index (χ0n) is 12.6. The van der Waals surface area contributed by atoms with Crippen LogP contribution < -0.4 is 0 Å². The molecule has 0 aromatic heterocycles. The fourth-order valence-corrected chi connectivity index (χ4v) is 3.02. The van der Waals surface area contributed by atoms with Gasteiger partial charge in [-0.15, -0.1) is 0 Å². The van der Waals surface area contributed by atoms with Crippen molar-refractivity contribution in [2.75, 3.05) is 26.7 Å². The molecule has 118 valence electrons. The zero-order chi connectivity index (χ0) is 15.9. The lowest BCUT2D eigenvalue weighted by Crippen LogP contribution is -2.48. The average molecular weight is 323 g/mol. The number of aliphatic hydroxyl groups excluding tert-OH is 1. The fraction of sp³-hybridized carbons (Fsp3) is 0.467. The first kappa shape index (κ1) is 15.4. The summed E-state index contributed by atoms with van der Waals surface area (Å²) in [7, 11) is 1.87. The van der Waals surface area contributed by atoms with Crippen molar-refractivity contribution in [3.63, 3.8) is 0 Å². The van der Waals surface area contributed by atoms with Gasteiger partial charge in [-0.05, 0) is 31.1 Å². The summed E-state index contributed by atoms with van der Waals surface area (Å²) in [6.07, 6.45) is -0.675. The van der Waals surface area contributed by atoms with E-state index in [1.807, 2.05) is 48.0 Å². The van der Waals surface area contributed by atoms with Crippen LogP contribution in [0.15, 0.2) is 29.4 Å². The highest BCUT2D eigenvalue weighted by molar-refractivity contribution is 6.62. The zero-order valence-corrected chi connectivity index (χ0v) is 13.4. The number of hydrazone groups is 1. The molecule has 7 heteroatoms. The Kier molecular flexibility index (Phi) is 4.18. The quantitative estimate of drug-likeness (QED) is 0.658. The Balaban J connectivity index is 1.93. The minimum atomic E-state index is -0.675. The number of nitrogens with zero attached hydrogens (tertiary/aromatic N) is 4. The molecule has 0 aliphatic carbocycles. The van der Waals surface area contributed by atoms with Gasteiger partial charge < -0.3 is 5.11 Å². The SMILES string of the molecule is Cc1ccc(C2=NN(C(=O)Cl)CC2N2CCN(C)C2O)cc1. The van der Waals surface area contributed by atoms with E-state index >= 15 is 0 Å². The lowest BCUT2D eigenvalue weighted by Gasteiger charge is -2.29. The van der Waals surface area contributed by atoms with Crippen molar-refractivity contribution in [3.05, 3.63) is 35.4 Å². The van der Waals surface area contributed by atoms with Gasteiger partial charge in [-0.2, -0.15) is 5.10 Å². The first-order valence-corrected chi connectivity index (χ1v) is 7.62. The van der Waals surface area contributed by atoms with Crippen LogP contribution in [-0.4, -0.2) is 70.1 Å². The highest BCUT2D eigenvalue weighted by atomic mass is 35.5. The maximum Gasteiger partial charge on any atom is 0.336 e. The van der Waals surface area contributed by atoms with E-state index in [0.29, 0.717) is 6.54 Å². The molecule has 2 aliphatic heterocycles. The van der Waals surface area contributed by atoms with Crippen LogP contribution in [0.25, 0.3) is 0 Å². The van der Waals surface area contributed by atoms with Gasteiger partial charge in [0.25, 0.3) is 0 Å². The molecule has 2 atom stereocenters. The average Bonchev–Trinajstić information content (AvgIpc) is 3.05. The Morgan fingerprint density at radius 3 is 2.55 bits per heavy atom. The molecule has 2 aliphatic rings. The summed E-state index contributed by atoms with van der Waals surface area (Å²) in [5.41, 5.74) is 2.87. The van der Waals surface area contributed by atoms with E-state index in [0.717, 1.165) is 29.9 Å². The minimum absolute atomic E-state index is 0.162. The van der Waals surface area contributed by atoms with E-state index in [2.05, 4.69) is 5.10 Å². The third-order valence-electron chi connectivity index (χ3n) is 4.24. The summed E-state index contributed by atoms with van der Waals surface area (Å²) < 4.78 is 0. The first-order chi connectivity index (χ1) is 10.5. The molecule has 1 aromatic carbocycles. The lowest BCUT2D eigenvalue weighted by molar-refractivity contribution is -0.0543. The molecule has 0 bridgehead atoms. The lowest BCUT2D eigenvalue weighted by atomic mass is 10.0. The Morgan fingerprint density at radius 2 is 2.00 bits per heavy atom. The van der Waals surface area contributed by atoms with E-state index < -0.39 is 11.7 Å². The fourth-order valence-electron chi connectivity index (χ4n) is 2.91. The van der Waals surface area contributed by atoms with Crippen LogP contribution in [0.1, 0.15) is 11.1 Å². The molecule has 0 radical (unpaired) electrons. The van der Waals surface area contributed by atoms with Crippen molar-refractivity contribution in [2.45, 2.75) is 19.3 Å². The van der Waals surface area contributed by atoms with Crippen LogP contribution in [0.5, 0.6) is 0 Å². The summed E-state index contributed by atoms with van der Waals surface area (Å²) in [5, 5.41) is 15.3. The predicted molar refractivity (Wildman–Crippen MR) is 84.8 cm³/mol. The van der Waals surface area contributed by atoms with Gasteiger partial charge in [0.2, 0.25) is 0 Å². The van der Waals surface area contributed by atoms with Gasteiger partial charge in [0.1, 0.15) is 0 Å². The van der Waals surface area contributed by atoms with Crippen LogP contribution in [0, 0.1) is 6.92 Å². The Bertz CT molecular complexity index is 604. The van der Waals surface area contributed by atoms with Gasteiger partial charge in [0.15, 0.2) is 6.35 Å². The molecule has 2 heterocycles. The van der Waals surface area contributed by atoms with Gasteiger partial charge in [-0.1, -0.05) is 29.8 Å². The van der Waals surface area contributed by atoms with Crippen molar-refractivity contribution in [1.29, 1.82) is 0 Å². The number of halogens is 1. The predicted octanol–water partition coefficient (Wildman–Crippen LogP) is 1.27. The molecule has 1 saturated heterocycles. The van der Waals surface area contributed by atoms with Gasteiger partial charge in [-0.3, -0.25) is 14.6 Å². The Morgan fingerprint density at radius 1 is 1.32 bits per heavy atom. The summed E-state index contributed by atoms with van der Waals surface area (Å²) in [4.78, 5) is 15.3. The molecular formula is C15H19ClN4O2. The van der Waals surface area contributed by atoms with Crippen molar-refractivity contribution >= 4 is 22.7 Å². The van der Waals surface area contributed by atoms with E-state index in [1.54, 1.807) is 0 Å². The number of hydrogen-bond donors (Lipinski definition) is 1. The first-order valence-electron chi connectivity index (χ1n) is 7.24. The molecule has 0 spiro atoms. The molecule has 6 nitrogen and oxygen atoms in total. The van der Waals surface area contributed by atoms with Crippen LogP contribution in [0.2, 0.25) is 0 Å². The number of carbonyl (C=O) groups excluding carboxylic acids is 1. The number of amides is 1. The molecule has 2 unspecified atom stereocenters. The summed E-state index contributed by atoms with van der Waals surface area (Å²) >= 11 is 5.59. The Hall–Kier alpha value is -1.47. The maximum atomic E-state index is 11.5. The molecule has 1 amide bonds. The summed E-state index contributed by atoms with van der Waals surface area (Å²) in [6, 6.07) is 7.81. The summed E-state index contributed by atoms with van der Waals surface area (Å²) in [5.74, 6) is 0. The van der Waals surface area contributed by atoms with E-state index in [-0.39, 0.29) is 6.04 Å². The normalized spacial score (nSPS) is 26.5. The topological polar surface area (TPSA) is 59.4 Å². The van der Waals surface area contributed by atoms with Gasteiger partial charge in [0.05, 0.1) is 18.3 Å². The standard InChI is InChI=1S/C15H19ClN4O2/c1-10-3-5-11(6-4-10)13-12(9-20(17-13)14(16)21)19-8-7-18(2)15(19)22/h3-6,12,15,22H,7-9H2,1-2H3.